The van der Waals surface area contributed by atoms with Gasteiger partial charge in [0.15, 0.2) is 0 Å². The Balaban J connectivity index is 2.21. The van der Waals surface area contributed by atoms with E-state index in [0.717, 1.165) is 25.7 Å². The second kappa shape index (κ2) is 5.61. The minimum absolute atomic E-state index is 0.147. The van der Waals surface area contributed by atoms with Crippen molar-refractivity contribution in [3.8, 4) is 5.75 Å². The second-order valence-electron chi connectivity index (χ2n) is 5.46. The summed E-state index contributed by atoms with van der Waals surface area (Å²) in [6.07, 6.45) is 5.61. The van der Waals surface area contributed by atoms with Gasteiger partial charge >= 0.3 is 5.97 Å². The van der Waals surface area contributed by atoms with Gasteiger partial charge in [0, 0.05) is 6.04 Å². The van der Waals surface area contributed by atoms with Gasteiger partial charge in [-0.15, -0.1) is 0 Å². The Labute approximate surface area is 113 Å². The first-order chi connectivity index (χ1) is 9.02. The van der Waals surface area contributed by atoms with E-state index in [2.05, 4.69) is 5.32 Å². The highest BCUT2D eigenvalue weighted by atomic mass is 16.4. The van der Waals surface area contributed by atoms with Crippen molar-refractivity contribution in [3.05, 3.63) is 29.8 Å². The maximum Gasteiger partial charge on any atom is 0.328 e. The molecule has 1 unspecified atom stereocenters. The number of carbonyl (C=O) groups is 1. The molecule has 1 aromatic carbocycles. The monoisotopic (exact) mass is 263 g/mol. The van der Waals surface area contributed by atoms with Crippen LogP contribution in [0.5, 0.6) is 5.75 Å². The summed E-state index contributed by atoms with van der Waals surface area (Å²) in [5.74, 6) is -0.738. The Hall–Kier alpha value is -1.55. The van der Waals surface area contributed by atoms with E-state index in [1.807, 2.05) is 0 Å². The molecule has 4 nitrogen and oxygen atoms in total. The van der Waals surface area contributed by atoms with Crippen molar-refractivity contribution in [2.75, 3.05) is 0 Å². The number of carboxylic acids is 1. The highest BCUT2D eigenvalue weighted by molar-refractivity contribution is 5.80. The van der Waals surface area contributed by atoms with Crippen LogP contribution < -0.4 is 5.32 Å². The van der Waals surface area contributed by atoms with E-state index in [9.17, 15) is 15.0 Å². The molecule has 1 saturated carbocycles. The molecule has 4 heteroatoms. The van der Waals surface area contributed by atoms with Gasteiger partial charge in [0.1, 0.15) is 11.3 Å². The average molecular weight is 263 g/mol. The number of benzene rings is 1. The Morgan fingerprint density at radius 2 is 1.79 bits per heavy atom. The number of carboxylic acid groups (broad SMARTS) is 1. The third-order valence-electron chi connectivity index (χ3n) is 3.97. The van der Waals surface area contributed by atoms with Crippen LogP contribution in [0.2, 0.25) is 0 Å². The molecule has 0 amide bonds. The average Bonchev–Trinajstić information content (AvgIpc) is 2.40. The molecular weight excluding hydrogens is 242 g/mol. The summed E-state index contributed by atoms with van der Waals surface area (Å²) in [6.45, 7) is 1.69. The second-order valence-corrected chi connectivity index (χ2v) is 5.46. The molecule has 1 aliphatic carbocycles. The van der Waals surface area contributed by atoms with E-state index in [4.69, 9.17) is 0 Å². The molecule has 0 aliphatic heterocycles. The molecule has 0 bridgehead atoms. The zero-order valence-corrected chi connectivity index (χ0v) is 11.2. The van der Waals surface area contributed by atoms with Gasteiger partial charge < -0.3 is 10.2 Å². The standard InChI is InChI=1S/C15H21NO3/c1-15(14(18)19,11-7-9-13(17)10-8-11)16-12-5-3-2-4-6-12/h7-10,12,16-17H,2-6H2,1H3,(H,18,19). The third kappa shape index (κ3) is 3.07. The number of rotatable bonds is 4. The third-order valence-corrected chi connectivity index (χ3v) is 3.97. The van der Waals surface area contributed by atoms with E-state index in [1.165, 1.54) is 18.6 Å². The lowest BCUT2D eigenvalue weighted by molar-refractivity contribution is -0.145. The predicted octanol–water partition coefficient (Wildman–Crippen LogP) is 2.61. The van der Waals surface area contributed by atoms with Crippen molar-refractivity contribution in [1.29, 1.82) is 0 Å². The number of aliphatic carboxylic acids is 1. The Bertz CT molecular complexity index is 437. The van der Waals surface area contributed by atoms with Crippen molar-refractivity contribution in [3.63, 3.8) is 0 Å². The molecule has 2 rings (SSSR count). The van der Waals surface area contributed by atoms with E-state index in [0.29, 0.717) is 5.56 Å². The maximum absolute atomic E-state index is 11.7. The normalized spacial score (nSPS) is 19.8. The fourth-order valence-corrected chi connectivity index (χ4v) is 2.72. The van der Waals surface area contributed by atoms with Gasteiger partial charge in [-0.05, 0) is 37.5 Å². The first-order valence-corrected chi connectivity index (χ1v) is 6.83. The van der Waals surface area contributed by atoms with Gasteiger partial charge in [-0.25, -0.2) is 4.79 Å². The van der Waals surface area contributed by atoms with E-state index in [1.54, 1.807) is 19.1 Å². The van der Waals surface area contributed by atoms with E-state index < -0.39 is 11.5 Å². The molecule has 19 heavy (non-hydrogen) atoms. The van der Waals surface area contributed by atoms with Crippen LogP contribution in [0, 0.1) is 0 Å². The number of phenols is 1. The quantitative estimate of drug-likeness (QED) is 0.781. The molecule has 1 fully saturated rings. The number of phenolic OH excluding ortho intramolecular Hbond substituents is 1. The highest BCUT2D eigenvalue weighted by Gasteiger charge is 2.37. The molecule has 3 N–H and O–H groups in total. The van der Waals surface area contributed by atoms with Crippen LogP contribution in [0.3, 0.4) is 0 Å². The summed E-state index contributed by atoms with van der Waals surface area (Å²) >= 11 is 0. The molecule has 0 radical (unpaired) electrons. The van der Waals surface area contributed by atoms with Crippen LogP contribution in [0.15, 0.2) is 24.3 Å². The fraction of sp³-hybridized carbons (Fsp3) is 0.533. The Morgan fingerprint density at radius 1 is 1.21 bits per heavy atom. The zero-order chi connectivity index (χ0) is 13.9. The molecule has 104 valence electrons. The number of nitrogens with one attached hydrogen (secondary N) is 1. The van der Waals surface area contributed by atoms with Gasteiger partial charge in [0.05, 0.1) is 0 Å². The van der Waals surface area contributed by atoms with Crippen LogP contribution in [0.1, 0.15) is 44.6 Å². The maximum atomic E-state index is 11.7. The smallest absolute Gasteiger partial charge is 0.328 e. The van der Waals surface area contributed by atoms with Gasteiger partial charge in [0.25, 0.3) is 0 Å². The van der Waals surface area contributed by atoms with Gasteiger partial charge in [-0.1, -0.05) is 31.4 Å². The van der Waals surface area contributed by atoms with Crippen molar-refractivity contribution in [2.45, 2.75) is 50.6 Å². The van der Waals surface area contributed by atoms with Gasteiger partial charge in [-0.3, -0.25) is 5.32 Å². The van der Waals surface area contributed by atoms with Crippen LogP contribution in [0.4, 0.5) is 0 Å². The van der Waals surface area contributed by atoms with Crippen LogP contribution >= 0.6 is 0 Å². The lowest BCUT2D eigenvalue weighted by Gasteiger charge is -2.34. The molecular formula is C15H21NO3. The van der Waals surface area contributed by atoms with E-state index in [-0.39, 0.29) is 11.8 Å². The molecule has 0 saturated heterocycles. The number of hydrogen-bond acceptors (Lipinski definition) is 3. The topological polar surface area (TPSA) is 69.6 Å². The summed E-state index contributed by atoms with van der Waals surface area (Å²) in [7, 11) is 0. The van der Waals surface area contributed by atoms with Crippen molar-refractivity contribution < 1.29 is 15.0 Å². The molecule has 0 aromatic heterocycles. The van der Waals surface area contributed by atoms with E-state index >= 15 is 0 Å². The van der Waals surface area contributed by atoms with Gasteiger partial charge in [-0.2, -0.15) is 0 Å². The summed E-state index contributed by atoms with van der Waals surface area (Å²) in [4.78, 5) is 11.7. The van der Waals surface area contributed by atoms with Crippen LogP contribution in [-0.4, -0.2) is 22.2 Å². The van der Waals surface area contributed by atoms with Crippen LogP contribution in [0.25, 0.3) is 0 Å². The van der Waals surface area contributed by atoms with Crippen LogP contribution in [-0.2, 0) is 10.3 Å². The Kier molecular flexibility index (Phi) is 4.10. The lowest BCUT2D eigenvalue weighted by Crippen LogP contribution is -2.51. The van der Waals surface area contributed by atoms with Gasteiger partial charge in [0.2, 0.25) is 0 Å². The summed E-state index contributed by atoms with van der Waals surface area (Å²) in [6, 6.07) is 6.64. The fourth-order valence-electron chi connectivity index (χ4n) is 2.72. The Morgan fingerprint density at radius 3 is 2.32 bits per heavy atom. The lowest BCUT2D eigenvalue weighted by atomic mass is 9.87. The predicted molar refractivity (Wildman–Crippen MR) is 73.1 cm³/mol. The largest absolute Gasteiger partial charge is 0.508 e. The summed E-state index contributed by atoms with van der Waals surface area (Å²) in [5, 5.41) is 22.2. The number of hydrogen-bond donors (Lipinski definition) is 3. The molecule has 1 aromatic rings. The summed E-state index contributed by atoms with van der Waals surface area (Å²) in [5.41, 5.74) is -0.432. The summed E-state index contributed by atoms with van der Waals surface area (Å²) < 4.78 is 0. The highest BCUT2D eigenvalue weighted by Crippen LogP contribution is 2.27. The first kappa shape index (κ1) is 13.9. The SMILES string of the molecule is CC(NC1CCCCC1)(C(=O)O)c1ccc(O)cc1. The number of aromatic hydroxyl groups is 1. The minimum atomic E-state index is -1.10. The molecule has 0 spiro atoms. The van der Waals surface area contributed by atoms with Crippen molar-refractivity contribution >= 4 is 5.97 Å². The molecule has 0 heterocycles. The molecule has 1 atom stereocenters. The minimum Gasteiger partial charge on any atom is -0.508 e. The zero-order valence-electron chi connectivity index (χ0n) is 11.2. The van der Waals surface area contributed by atoms with Crippen molar-refractivity contribution in [1.82, 2.24) is 5.32 Å². The first-order valence-electron chi connectivity index (χ1n) is 6.83. The van der Waals surface area contributed by atoms with Crippen molar-refractivity contribution in [2.24, 2.45) is 0 Å². The molecule has 1 aliphatic rings.